The van der Waals surface area contributed by atoms with Crippen LogP contribution in [0.5, 0.6) is 0 Å². The van der Waals surface area contributed by atoms with Gasteiger partial charge in [0, 0.05) is 39.1 Å². The number of hydrogen-bond acceptors (Lipinski definition) is 4. The predicted octanol–water partition coefficient (Wildman–Crippen LogP) is 8.53. The summed E-state index contributed by atoms with van der Waals surface area (Å²) in [5.41, 5.74) is 4.32. The zero-order valence-corrected chi connectivity index (χ0v) is 25.7. The van der Waals surface area contributed by atoms with Crippen LogP contribution in [0.1, 0.15) is 90.2 Å². The second-order valence-electron chi connectivity index (χ2n) is 13.2. The van der Waals surface area contributed by atoms with Crippen LogP contribution in [0.3, 0.4) is 0 Å². The summed E-state index contributed by atoms with van der Waals surface area (Å²) >= 11 is 0. The Morgan fingerprint density at radius 3 is 1.65 bits per heavy atom. The molecule has 0 bridgehead atoms. The smallest absolute Gasteiger partial charge is 0.265 e. The number of carbonyl (C=O) groups is 4. The number of imide groups is 2. The molecule has 1 aliphatic carbocycles. The van der Waals surface area contributed by atoms with Gasteiger partial charge in [0.05, 0.1) is 5.69 Å². The molecule has 46 heavy (non-hydrogen) atoms. The Bertz CT molecular complexity index is 2440. The summed E-state index contributed by atoms with van der Waals surface area (Å²) in [5.74, 6) is -1.78. The fourth-order valence-corrected chi connectivity index (χ4v) is 8.56. The van der Waals surface area contributed by atoms with E-state index in [4.69, 9.17) is 0 Å². The highest BCUT2D eigenvalue weighted by Crippen LogP contribution is 2.49. The molecule has 0 atom stereocenters. The molecule has 6 aromatic carbocycles. The Morgan fingerprint density at radius 2 is 1.07 bits per heavy atom. The van der Waals surface area contributed by atoms with Crippen molar-refractivity contribution in [3.63, 3.8) is 0 Å². The third-order valence-electron chi connectivity index (χ3n) is 10.6. The number of aryl methyl sites for hydroxylation is 3. The van der Waals surface area contributed by atoms with E-state index in [0.29, 0.717) is 44.3 Å². The number of amides is 4. The van der Waals surface area contributed by atoms with E-state index in [2.05, 4.69) is 0 Å². The van der Waals surface area contributed by atoms with Crippen LogP contribution >= 0.6 is 0 Å². The van der Waals surface area contributed by atoms with E-state index in [1.807, 2.05) is 44.2 Å². The predicted molar refractivity (Wildman–Crippen MR) is 177 cm³/mol. The molecule has 7 heteroatoms. The van der Waals surface area contributed by atoms with Gasteiger partial charge in [-0.2, -0.15) is 0 Å². The molecule has 0 saturated heterocycles. The highest BCUT2D eigenvalue weighted by atomic mass is 19.1. The van der Waals surface area contributed by atoms with Crippen LogP contribution in [0.15, 0.2) is 54.6 Å². The van der Waals surface area contributed by atoms with Crippen molar-refractivity contribution >= 4 is 72.4 Å². The summed E-state index contributed by atoms with van der Waals surface area (Å²) < 4.78 is 14.1. The van der Waals surface area contributed by atoms with Crippen LogP contribution in [0.25, 0.3) is 43.1 Å². The fourth-order valence-electron chi connectivity index (χ4n) is 8.56. The monoisotopic (exact) mass is 608 g/mol. The highest BCUT2D eigenvalue weighted by molar-refractivity contribution is 6.44. The molecule has 1 saturated carbocycles. The van der Waals surface area contributed by atoms with Crippen molar-refractivity contribution in [2.75, 3.05) is 4.90 Å². The van der Waals surface area contributed by atoms with E-state index in [1.54, 1.807) is 13.0 Å². The van der Waals surface area contributed by atoms with Gasteiger partial charge in [0.1, 0.15) is 5.82 Å². The average molecular weight is 609 g/mol. The molecule has 0 N–H and O–H groups in total. The summed E-state index contributed by atoms with van der Waals surface area (Å²) in [5, 5.41) is 6.53. The molecular formula is C39H29FN2O4. The zero-order chi connectivity index (χ0) is 31.8. The summed E-state index contributed by atoms with van der Waals surface area (Å²) in [6.45, 7) is 5.54. The van der Waals surface area contributed by atoms with Gasteiger partial charge in [-0.1, -0.05) is 31.4 Å². The van der Waals surface area contributed by atoms with Crippen LogP contribution in [0.2, 0.25) is 0 Å². The van der Waals surface area contributed by atoms with Crippen molar-refractivity contribution in [3.05, 3.63) is 99.4 Å². The highest BCUT2D eigenvalue weighted by Gasteiger charge is 2.40. The van der Waals surface area contributed by atoms with Crippen LogP contribution in [0, 0.1) is 26.6 Å². The van der Waals surface area contributed by atoms with Crippen molar-refractivity contribution in [2.24, 2.45) is 0 Å². The lowest BCUT2D eigenvalue weighted by Gasteiger charge is -2.36. The summed E-state index contributed by atoms with van der Waals surface area (Å²) in [4.78, 5) is 58.9. The van der Waals surface area contributed by atoms with Gasteiger partial charge in [-0.3, -0.25) is 24.1 Å². The topological polar surface area (TPSA) is 74.8 Å². The minimum Gasteiger partial charge on any atom is -0.271 e. The number of hydrogen-bond donors (Lipinski definition) is 0. The maximum Gasteiger partial charge on any atom is 0.265 e. The van der Waals surface area contributed by atoms with Gasteiger partial charge in [-0.05, 0) is 125 Å². The van der Waals surface area contributed by atoms with Gasteiger partial charge < -0.3 is 0 Å². The Morgan fingerprint density at radius 1 is 0.543 bits per heavy atom. The van der Waals surface area contributed by atoms with Crippen LogP contribution in [-0.2, 0) is 0 Å². The molecule has 6 aromatic rings. The standard InChI is InChI=1S/C39H29FN2O4/c1-18-15-22(9-14-29(18)40)42-37(44)26-13-11-24-30-19(2)16-27-32-25(36(43)41(38(27)45)21-7-5-4-6-8-21)12-10-23(34(30)32)31-20(3)17-28(39(42)46)33(26)35(24)31/h9-17,21H,4-8H2,1-3H3. The summed E-state index contributed by atoms with van der Waals surface area (Å²) in [6.07, 6.45) is 4.81. The van der Waals surface area contributed by atoms with E-state index < -0.39 is 17.6 Å². The number of fused-ring (bicyclic) bond motifs is 2. The second-order valence-corrected chi connectivity index (χ2v) is 13.2. The minimum atomic E-state index is -0.461. The lowest BCUT2D eigenvalue weighted by Crippen LogP contribution is -2.47. The molecule has 2 heterocycles. The van der Waals surface area contributed by atoms with E-state index in [1.165, 1.54) is 23.1 Å². The zero-order valence-electron chi connectivity index (χ0n) is 25.7. The number of halogens is 1. The maximum atomic E-state index is 14.1. The first-order chi connectivity index (χ1) is 22.2. The van der Waals surface area contributed by atoms with Crippen LogP contribution in [-0.4, -0.2) is 34.6 Å². The van der Waals surface area contributed by atoms with Crippen LogP contribution in [0.4, 0.5) is 10.1 Å². The third-order valence-corrected chi connectivity index (χ3v) is 10.6. The second kappa shape index (κ2) is 9.19. The molecule has 1 fully saturated rings. The maximum absolute atomic E-state index is 14.1. The number of carbonyl (C=O) groups excluding carboxylic acids is 4. The van der Waals surface area contributed by atoms with Gasteiger partial charge >= 0.3 is 0 Å². The first-order valence-corrected chi connectivity index (χ1v) is 15.9. The van der Waals surface area contributed by atoms with Crippen molar-refractivity contribution < 1.29 is 23.6 Å². The molecule has 3 aliphatic rings. The largest absolute Gasteiger partial charge is 0.271 e. The molecule has 6 nitrogen and oxygen atoms in total. The summed E-state index contributed by atoms with van der Waals surface area (Å²) in [7, 11) is 0. The Hall–Kier alpha value is -5.17. The van der Waals surface area contributed by atoms with E-state index in [-0.39, 0.29) is 17.9 Å². The molecule has 4 amide bonds. The quantitative estimate of drug-likeness (QED) is 0.112. The lowest BCUT2D eigenvalue weighted by atomic mass is 9.79. The summed E-state index contributed by atoms with van der Waals surface area (Å²) in [6, 6.07) is 15.4. The van der Waals surface area contributed by atoms with Crippen molar-refractivity contribution in [3.8, 4) is 0 Å². The number of rotatable bonds is 2. The van der Waals surface area contributed by atoms with Gasteiger partial charge in [0.2, 0.25) is 0 Å². The Kier molecular flexibility index (Phi) is 5.43. The van der Waals surface area contributed by atoms with E-state index in [0.717, 1.165) is 80.4 Å². The molecule has 9 rings (SSSR count). The molecular weight excluding hydrogens is 579 g/mol. The molecule has 2 aliphatic heterocycles. The van der Waals surface area contributed by atoms with E-state index >= 15 is 0 Å². The first kappa shape index (κ1) is 27.2. The van der Waals surface area contributed by atoms with E-state index in [9.17, 15) is 23.6 Å². The van der Waals surface area contributed by atoms with Crippen molar-refractivity contribution in [1.29, 1.82) is 0 Å². The lowest BCUT2D eigenvalue weighted by molar-refractivity contribution is 0.0502. The van der Waals surface area contributed by atoms with Crippen molar-refractivity contribution in [2.45, 2.75) is 58.9 Å². The fraction of sp³-hybridized carbons (Fsp3) is 0.231. The Labute approximate surface area is 263 Å². The molecule has 0 radical (unpaired) electrons. The Balaban J connectivity index is 1.34. The molecule has 226 valence electrons. The normalized spacial score (nSPS) is 17.1. The molecule has 0 unspecified atom stereocenters. The van der Waals surface area contributed by atoms with Crippen molar-refractivity contribution in [1.82, 2.24) is 4.90 Å². The minimum absolute atomic E-state index is 0.0860. The SMILES string of the molecule is Cc1cc(N2C(=O)c3ccc4c5c(C)cc6c7c(ccc(c8c(C)cc(c3c48)C2=O)c75)C(=O)N(C2CCCCC2)C6=O)ccc1F. The first-order valence-electron chi connectivity index (χ1n) is 15.9. The molecule has 0 aromatic heterocycles. The average Bonchev–Trinajstić information content (AvgIpc) is 3.05. The van der Waals surface area contributed by atoms with Gasteiger partial charge in [-0.25, -0.2) is 9.29 Å². The van der Waals surface area contributed by atoms with Crippen LogP contribution < -0.4 is 4.90 Å². The number of benzene rings is 6. The molecule has 0 spiro atoms. The van der Waals surface area contributed by atoms with Gasteiger partial charge in [0.15, 0.2) is 0 Å². The van der Waals surface area contributed by atoms with Gasteiger partial charge in [-0.15, -0.1) is 0 Å². The number of nitrogens with zero attached hydrogens (tertiary/aromatic N) is 2. The third kappa shape index (κ3) is 3.30. The van der Waals surface area contributed by atoms with Gasteiger partial charge in [0.25, 0.3) is 23.6 Å². The number of anilines is 1.